The van der Waals surface area contributed by atoms with Crippen LogP contribution < -0.4 is 5.32 Å². The SMILES string of the molecule is Cn1cc(C#N)c(NC2CCCC2)n1. The Morgan fingerprint density at radius 2 is 2.29 bits per heavy atom. The van der Waals surface area contributed by atoms with Gasteiger partial charge in [0.2, 0.25) is 0 Å². The lowest BCUT2D eigenvalue weighted by molar-refractivity contribution is 0.728. The summed E-state index contributed by atoms with van der Waals surface area (Å²) < 4.78 is 1.68. The Labute approximate surface area is 83.5 Å². The zero-order valence-electron chi connectivity index (χ0n) is 8.32. The van der Waals surface area contributed by atoms with Crippen molar-refractivity contribution in [3.8, 4) is 6.07 Å². The minimum absolute atomic E-state index is 0.511. The molecule has 4 nitrogen and oxygen atoms in total. The molecule has 0 spiro atoms. The van der Waals surface area contributed by atoms with Gasteiger partial charge >= 0.3 is 0 Å². The lowest BCUT2D eigenvalue weighted by Crippen LogP contribution is -2.15. The molecule has 1 aliphatic carbocycles. The van der Waals surface area contributed by atoms with Crippen LogP contribution in [0.1, 0.15) is 31.2 Å². The molecule has 0 atom stereocenters. The molecule has 1 aromatic rings. The molecule has 0 bridgehead atoms. The van der Waals surface area contributed by atoms with Crippen molar-refractivity contribution >= 4 is 5.82 Å². The fraction of sp³-hybridized carbons (Fsp3) is 0.600. The van der Waals surface area contributed by atoms with Crippen LogP contribution >= 0.6 is 0 Å². The molecular weight excluding hydrogens is 176 g/mol. The molecular formula is C10H14N4. The van der Waals surface area contributed by atoms with Gasteiger partial charge in [-0.25, -0.2) is 0 Å². The summed E-state index contributed by atoms with van der Waals surface area (Å²) in [4.78, 5) is 0. The maximum absolute atomic E-state index is 8.86. The predicted octanol–water partition coefficient (Wildman–Crippen LogP) is 1.65. The highest BCUT2D eigenvalue weighted by atomic mass is 15.3. The van der Waals surface area contributed by atoms with Gasteiger partial charge in [0.15, 0.2) is 5.82 Å². The maximum Gasteiger partial charge on any atom is 0.166 e. The summed E-state index contributed by atoms with van der Waals surface area (Å²) in [6, 6.07) is 2.66. The van der Waals surface area contributed by atoms with Gasteiger partial charge in [-0.05, 0) is 12.8 Å². The molecule has 0 aliphatic heterocycles. The molecule has 0 unspecified atom stereocenters. The Morgan fingerprint density at radius 3 is 2.93 bits per heavy atom. The predicted molar refractivity (Wildman–Crippen MR) is 53.8 cm³/mol. The van der Waals surface area contributed by atoms with E-state index in [9.17, 15) is 0 Å². The highest BCUT2D eigenvalue weighted by Gasteiger charge is 2.17. The van der Waals surface area contributed by atoms with E-state index in [0.29, 0.717) is 11.6 Å². The number of nitrogens with zero attached hydrogens (tertiary/aromatic N) is 3. The minimum Gasteiger partial charge on any atom is -0.365 e. The first-order valence-corrected chi connectivity index (χ1v) is 5.00. The monoisotopic (exact) mass is 190 g/mol. The second-order valence-electron chi connectivity index (χ2n) is 3.80. The number of anilines is 1. The van der Waals surface area contributed by atoms with E-state index in [4.69, 9.17) is 5.26 Å². The van der Waals surface area contributed by atoms with Gasteiger partial charge in [0.25, 0.3) is 0 Å². The van der Waals surface area contributed by atoms with Gasteiger partial charge in [0, 0.05) is 19.3 Å². The zero-order chi connectivity index (χ0) is 9.97. The van der Waals surface area contributed by atoms with Crippen molar-refractivity contribution in [1.82, 2.24) is 9.78 Å². The van der Waals surface area contributed by atoms with E-state index < -0.39 is 0 Å². The number of rotatable bonds is 2. The Morgan fingerprint density at radius 1 is 1.57 bits per heavy atom. The molecule has 1 fully saturated rings. The van der Waals surface area contributed by atoms with Crippen LogP contribution in [-0.4, -0.2) is 15.8 Å². The first-order valence-electron chi connectivity index (χ1n) is 5.00. The minimum atomic E-state index is 0.511. The normalized spacial score (nSPS) is 16.9. The summed E-state index contributed by atoms with van der Waals surface area (Å²) in [6.07, 6.45) is 6.71. The molecule has 1 N–H and O–H groups in total. The van der Waals surface area contributed by atoms with E-state index in [-0.39, 0.29) is 0 Å². The number of hydrogen-bond donors (Lipinski definition) is 1. The van der Waals surface area contributed by atoms with E-state index >= 15 is 0 Å². The van der Waals surface area contributed by atoms with E-state index in [1.807, 2.05) is 7.05 Å². The molecule has 0 aromatic carbocycles. The quantitative estimate of drug-likeness (QED) is 0.771. The van der Waals surface area contributed by atoms with E-state index in [0.717, 1.165) is 5.82 Å². The third-order valence-corrected chi connectivity index (χ3v) is 2.65. The standard InChI is InChI=1S/C10H14N4/c1-14-7-8(6-11)10(13-14)12-9-4-2-3-5-9/h7,9H,2-5H2,1H3,(H,12,13). The molecule has 1 aromatic heterocycles. The van der Waals surface area contributed by atoms with Crippen LogP contribution in [0.5, 0.6) is 0 Å². The lowest BCUT2D eigenvalue weighted by atomic mass is 10.2. The Bertz CT molecular complexity index is 355. The van der Waals surface area contributed by atoms with Gasteiger partial charge in [-0.15, -0.1) is 0 Å². The highest BCUT2D eigenvalue weighted by molar-refractivity contribution is 5.51. The average molecular weight is 190 g/mol. The number of nitriles is 1. The van der Waals surface area contributed by atoms with Crippen LogP contribution in [0.3, 0.4) is 0 Å². The van der Waals surface area contributed by atoms with Crippen LogP contribution in [0.4, 0.5) is 5.82 Å². The number of aromatic nitrogens is 2. The maximum atomic E-state index is 8.86. The van der Waals surface area contributed by atoms with Crippen molar-refractivity contribution in [1.29, 1.82) is 5.26 Å². The van der Waals surface area contributed by atoms with Gasteiger partial charge in [0.1, 0.15) is 11.6 Å². The van der Waals surface area contributed by atoms with Gasteiger partial charge in [0.05, 0.1) is 0 Å². The molecule has 74 valence electrons. The van der Waals surface area contributed by atoms with Crippen molar-refractivity contribution in [2.24, 2.45) is 7.05 Å². The Kier molecular flexibility index (Phi) is 2.40. The number of aryl methyl sites for hydroxylation is 1. The molecule has 1 heterocycles. The second kappa shape index (κ2) is 3.70. The third kappa shape index (κ3) is 1.72. The van der Waals surface area contributed by atoms with Crippen LogP contribution in [0.2, 0.25) is 0 Å². The van der Waals surface area contributed by atoms with Gasteiger partial charge in [-0.2, -0.15) is 10.4 Å². The van der Waals surface area contributed by atoms with Crippen LogP contribution in [0.25, 0.3) is 0 Å². The molecule has 1 aliphatic rings. The van der Waals surface area contributed by atoms with Crippen molar-refractivity contribution < 1.29 is 0 Å². The molecule has 0 radical (unpaired) electrons. The molecule has 14 heavy (non-hydrogen) atoms. The summed E-state index contributed by atoms with van der Waals surface area (Å²) in [5.74, 6) is 0.738. The third-order valence-electron chi connectivity index (χ3n) is 2.65. The number of hydrogen-bond acceptors (Lipinski definition) is 3. The highest BCUT2D eigenvalue weighted by Crippen LogP contribution is 2.22. The van der Waals surface area contributed by atoms with Crippen LogP contribution in [0.15, 0.2) is 6.20 Å². The van der Waals surface area contributed by atoms with Gasteiger partial charge in [-0.1, -0.05) is 12.8 Å². The van der Waals surface area contributed by atoms with Crippen molar-refractivity contribution in [3.05, 3.63) is 11.8 Å². The first-order chi connectivity index (χ1) is 6.79. The van der Waals surface area contributed by atoms with Gasteiger partial charge in [-0.3, -0.25) is 4.68 Å². The van der Waals surface area contributed by atoms with E-state index in [1.54, 1.807) is 10.9 Å². The van der Waals surface area contributed by atoms with Crippen LogP contribution in [-0.2, 0) is 7.05 Å². The topological polar surface area (TPSA) is 53.6 Å². The fourth-order valence-electron chi connectivity index (χ4n) is 1.94. The summed E-state index contributed by atoms with van der Waals surface area (Å²) in [6.45, 7) is 0. The van der Waals surface area contributed by atoms with E-state index in [1.165, 1.54) is 25.7 Å². The lowest BCUT2D eigenvalue weighted by Gasteiger charge is -2.10. The Balaban J connectivity index is 2.11. The summed E-state index contributed by atoms with van der Waals surface area (Å²) >= 11 is 0. The van der Waals surface area contributed by atoms with Crippen molar-refractivity contribution in [3.63, 3.8) is 0 Å². The Hall–Kier alpha value is -1.50. The van der Waals surface area contributed by atoms with Gasteiger partial charge < -0.3 is 5.32 Å². The average Bonchev–Trinajstić information content (AvgIpc) is 2.76. The number of nitrogens with one attached hydrogen (secondary N) is 1. The second-order valence-corrected chi connectivity index (χ2v) is 3.80. The molecule has 4 heteroatoms. The summed E-state index contributed by atoms with van der Waals surface area (Å²) in [5.41, 5.74) is 0.638. The molecule has 0 saturated heterocycles. The zero-order valence-corrected chi connectivity index (χ0v) is 8.32. The first kappa shape index (κ1) is 9.07. The van der Waals surface area contributed by atoms with Crippen molar-refractivity contribution in [2.45, 2.75) is 31.7 Å². The molecule has 0 amide bonds. The molecule has 2 rings (SSSR count). The van der Waals surface area contributed by atoms with Crippen molar-refractivity contribution in [2.75, 3.05) is 5.32 Å². The summed E-state index contributed by atoms with van der Waals surface area (Å²) in [5, 5.41) is 16.4. The van der Waals surface area contributed by atoms with E-state index in [2.05, 4.69) is 16.5 Å². The summed E-state index contributed by atoms with van der Waals surface area (Å²) in [7, 11) is 1.83. The fourth-order valence-corrected chi connectivity index (χ4v) is 1.94. The van der Waals surface area contributed by atoms with Crippen LogP contribution in [0, 0.1) is 11.3 Å². The largest absolute Gasteiger partial charge is 0.365 e. The smallest absolute Gasteiger partial charge is 0.166 e. The molecule has 1 saturated carbocycles.